The van der Waals surface area contributed by atoms with Gasteiger partial charge in [0.15, 0.2) is 0 Å². The average Bonchev–Trinajstić information content (AvgIpc) is 2.72. The standard InChI is InChI=1S/C24H28N4O2/c1-15(2)22-11-20(19-7-5-6-8-21(19)27-22)24(29)26-18-9-10-23(25-12-18)28-13-16(3)30-17(4)14-28/h5-12,15-17H,13-14H2,1-4H3,(H,26,29). The molecule has 0 bridgehead atoms. The van der Waals surface area contributed by atoms with E-state index in [4.69, 9.17) is 9.72 Å². The summed E-state index contributed by atoms with van der Waals surface area (Å²) in [5.41, 5.74) is 3.04. The third-order valence-corrected chi connectivity index (χ3v) is 5.32. The molecule has 30 heavy (non-hydrogen) atoms. The number of amides is 1. The predicted octanol–water partition coefficient (Wildman–Crippen LogP) is 4.62. The van der Waals surface area contributed by atoms with E-state index in [0.717, 1.165) is 35.5 Å². The highest BCUT2D eigenvalue weighted by Crippen LogP contribution is 2.24. The van der Waals surface area contributed by atoms with E-state index in [-0.39, 0.29) is 24.0 Å². The van der Waals surface area contributed by atoms with E-state index >= 15 is 0 Å². The third-order valence-electron chi connectivity index (χ3n) is 5.32. The van der Waals surface area contributed by atoms with Gasteiger partial charge in [0, 0.05) is 24.2 Å². The smallest absolute Gasteiger partial charge is 0.256 e. The van der Waals surface area contributed by atoms with E-state index in [9.17, 15) is 4.79 Å². The van der Waals surface area contributed by atoms with Crippen LogP contribution in [-0.2, 0) is 4.74 Å². The Bertz CT molecular complexity index is 1040. The van der Waals surface area contributed by atoms with Crippen LogP contribution in [0.3, 0.4) is 0 Å². The van der Waals surface area contributed by atoms with Crippen LogP contribution in [-0.4, -0.2) is 41.2 Å². The van der Waals surface area contributed by atoms with Gasteiger partial charge in [-0.3, -0.25) is 9.78 Å². The van der Waals surface area contributed by atoms with Crippen molar-refractivity contribution < 1.29 is 9.53 Å². The molecular weight excluding hydrogens is 376 g/mol. The summed E-state index contributed by atoms with van der Waals surface area (Å²) >= 11 is 0. The molecule has 4 rings (SSSR count). The van der Waals surface area contributed by atoms with Crippen LogP contribution in [0.1, 0.15) is 49.7 Å². The number of hydrogen-bond acceptors (Lipinski definition) is 5. The summed E-state index contributed by atoms with van der Waals surface area (Å²) in [7, 11) is 0. The minimum absolute atomic E-state index is 0.154. The second-order valence-corrected chi connectivity index (χ2v) is 8.29. The van der Waals surface area contributed by atoms with Crippen LogP contribution >= 0.6 is 0 Å². The van der Waals surface area contributed by atoms with Gasteiger partial charge in [-0.25, -0.2) is 4.98 Å². The van der Waals surface area contributed by atoms with Crippen molar-refractivity contribution in [2.45, 2.75) is 45.8 Å². The highest BCUT2D eigenvalue weighted by molar-refractivity contribution is 6.12. The molecule has 0 saturated carbocycles. The molecule has 2 atom stereocenters. The van der Waals surface area contributed by atoms with E-state index in [2.05, 4.69) is 42.9 Å². The average molecular weight is 405 g/mol. The molecule has 1 fully saturated rings. The lowest BCUT2D eigenvalue weighted by atomic mass is 10.0. The van der Waals surface area contributed by atoms with Crippen molar-refractivity contribution in [3.05, 3.63) is 59.9 Å². The first kappa shape index (κ1) is 20.3. The highest BCUT2D eigenvalue weighted by atomic mass is 16.5. The van der Waals surface area contributed by atoms with Crippen LogP contribution in [0.2, 0.25) is 0 Å². The molecule has 0 radical (unpaired) electrons. The number of rotatable bonds is 4. The van der Waals surface area contributed by atoms with Crippen molar-refractivity contribution >= 4 is 28.3 Å². The van der Waals surface area contributed by atoms with Gasteiger partial charge in [0.25, 0.3) is 5.91 Å². The highest BCUT2D eigenvalue weighted by Gasteiger charge is 2.23. The molecule has 3 aromatic rings. The molecule has 156 valence electrons. The largest absolute Gasteiger partial charge is 0.372 e. The van der Waals surface area contributed by atoms with Crippen LogP contribution in [0.4, 0.5) is 11.5 Å². The normalized spacial score (nSPS) is 19.3. The van der Waals surface area contributed by atoms with Crippen molar-refractivity contribution in [1.82, 2.24) is 9.97 Å². The predicted molar refractivity (Wildman–Crippen MR) is 120 cm³/mol. The topological polar surface area (TPSA) is 67.4 Å². The molecule has 0 spiro atoms. The summed E-state index contributed by atoms with van der Waals surface area (Å²) in [5, 5.41) is 3.84. The summed E-state index contributed by atoms with van der Waals surface area (Å²) in [4.78, 5) is 24.6. The SMILES string of the molecule is CC1CN(c2ccc(NC(=O)c3cc(C(C)C)nc4ccccc34)cn2)CC(C)O1. The summed E-state index contributed by atoms with van der Waals surface area (Å²) in [5.74, 6) is 0.977. The molecule has 1 amide bonds. The van der Waals surface area contributed by atoms with E-state index < -0.39 is 0 Å². The fourth-order valence-electron chi connectivity index (χ4n) is 3.89. The number of anilines is 2. The lowest BCUT2D eigenvalue weighted by molar-refractivity contribution is -0.00545. The number of hydrogen-bond donors (Lipinski definition) is 1. The fraction of sp³-hybridized carbons (Fsp3) is 0.375. The first-order chi connectivity index (χ1) is 14.4. The van der Waals surface area contributed by atoms with Crippen molar-refractivity contribution in [1.29, 1.82) is 0 Å². The van der Waals surface area contributed by atoms with Gasteiger partial charge < -0.3 is 15.0 Å². The molecule has 2 aromatic heterocycles. The molecule has 1 aliphatic heterocycles. The lowest BCUT2D eigenvalue weighted by Crippen LogP contribution is -2.45. The van der Waals surface area contributed by atoms with Crippen LogP contribution in [0.5, 0.6) is 0 Å². The summed E-state index contributed by atoms with van der Waals surface area (Å²) in [6.07, 6.45) is 2.06. The van der Waals surface area contributed by atoms with Crippen molar-refractivity contribution in [3.8, 4) is 0 Å². The number of pyridine rings is 2. The number of carbonyl (C=O) groups is 1. The number of aromatic nitrogens is 2. The van der Waals surface area contributed by atoms with Crippen molar-refractivity contribution in [2.75, 3.05) is 23.3 Å². The minimum atomic E-state index is -0.154. The Balaban J connectivity index is 1.56. The Morgan fingerprint density at radius 2 is 1.87 bits per heavy atom. The van der Waals surface area contributed by atoms with E-state index in [1.54, 1.807) is 6.20 Å². The number of morpholine rings is 1. The first-order valence-corrected chi connectivity index (χ1v) is 10.5. The van der Waals surface area contributed by atoms with Crippen LogP contribution in [0.25, 0.3) is 10.9 Å². The molecule has 0 aliphatic carbocycles. The molecule has 6 heteroatoms. The van der Waals surface area contributed by atoms with Crippen LogP contribution < -0.4 is 10.2 Å². The minimum Gasteiger partial charge on any atom is -0.372 e. The van der Waals surface area contributed by atoms with Gasteiger partial charge in [-0.1, -0.05) is 32.0 Å². The van der Waals surface area contributed by atoms with E-state index in [1.807, 2.05) is 42.5 Å². The van der Waals surface area contributed by atoms with Gasteiger partial charge in [-0.05, 0) is 44.0 Å². The Morgan fingerprint density at radius 3 is 2.53 bits per heavy atom. The number of para-hydroxylation sites is 1. The maximum atomic E-state index is 13.1. The van der Waals surface area contributed by atoms with Gasteiger partial charge in [-0.15, -0.1) is 0 Å². The van der Waals surface area contributed by atoms with E-state index in [1.165, 1.54) is 0 Å². The molecular formula is C24H28N4O2. The second kappa shape index (κ2) is 8.40. The summed E-state index contributed by atoms with van der Waals surface area (Å²) in [6, 6.07) is 13.5. The third kappa shape index (κ3) is 4.28. The van der Waals surface area contributed by atoms with Crippen molar-refractivity contribution in [2.24, 2.45) is 0 Å². The molecule has 2 unspecified atom stereocenters. The zero-order valence-corrected chi connectivity index (χ0v) is 17.9. The molecule has 1 saturated heterocycles. The molecule has 6 nitrogen and oxygen atoms in total. The molecule has 1 aliphatic rings. The number of benzene rings is 1. The Labute approximate surface area is 177 Å². The van der Waals surface area contributed by atoms with Gasteiger partial charge in [-0.2, -0.15) is 0 Å². The Hall–Kier alpha value is -2.99. The molecule has 1 N–H and O–H groups in total. The Morgan fingerprint density at radius 1 is 1.13 bits per heavy atom. The molecule has 3 heterocycles. The van der Waals surface area contributed by atoms with Gasteiger partial charge in [0.2, 0.25) is 0 Å². The monoisotopic (exact) mass is 404 g/mol. The quantitative estimate of drug-likeness (QED) is 0.687. The zero-order chi connectivity index (χ0) is 21.3. The van der Waals surface area contributed by atoms with Crippen LogP contribution in [0.15, 0.2) is 48.7 Å². The van der Waals surface area contributed by atoms with Gasteiger partial charge >= 0.3 is 0 Å². The van der Waals surface area contributed by atoms with Crippen molar-refractivity contribution in [3.63, 3.8) is 0 Å². The second-order valence-electron chi connectivity index (χ2n) is 8.29. The Kier molecular flexibility index (Phi) is 5.68. The maximum Gasteiger partial charge on any atom is 0.256 e. The number of nitrogens with one attached hydrogen (secondary N) is 1. The number of nitrogens with zero attached hydrogens (tertiary/aromatic N) is 3. The van der Waals surface area contributed by atoms with Gasteiger partial charge in [0.05, 0.1) is 35.2 Å². The first-order valence-electron chi connectivity index (χ1n) is 10.5. The number of fused-ring (bicyclic) bond motifs is 1. The number of carbonyl (C=O) groups excluding carboxylic acids is 1. The van der Waals surface area contributed by atoms with E-state index in [0.29, 0.717) is 11.3 Å². The summed E-state index contributed by atoms with van der Waals surface area (Å²) < 4.78 is 5.79. The molecule has 1 aromatic carbocycles. The van der Waals surface area contributed by atoms with Crippen LogP contribution in [0, 0.1) is 0 Å². The number of ether oxygens (including phenoxy) is 1. The maximum absolute atomic E-state index is 13.1. The lowest BCUT2D eigenvalue weighted by Gasteiger charge is -2.36. The summed E-state index contributed by atoms with van der Waals surface area (Å²) in [6.45, 7) is 9.92. The fourth-order valence-corrected chi connectivity index (χ4v) is 3.89. The van der Waals surface area contributed by atoms with Gasteiger partial charge in [0.1, 0.15) is 5.82 Å². The zero-order valence-electron chi connectivity index (χ0n) is 17.9.